The number of halogens is 2. The Morgan fingerprint density at radius 2 is 1.88 bits per heavy atom. The molecule has 0 spiro atoms. The molecule has 2 aliphatic heterocycles. The summed E-state index contributed by atoms with van der Waals surface area (Å²) in [6.45, 7) is 8.06. The van der Waals surface area contributed by atoms with Gasteiger partial charge in [-0.25, -0.2) is 0 Å². The Morgan fingerprint density at radius 1 is 1.24 bits per heavy atom. The van der Waals surface area contributed by atoms with Crippen LogP contribution in [0.3, 0.4) is 0 Å². The molecule has 7 heteroatoms. The third-order valence-electron chi connectivity index (χ3n) is 6.74. The summed E-state index contributed by atoms with van der Waals surface area (Å²) >= 11 is 0. The quantitative estimate of drug-likeness (QED) is 0.765. The van der Waals surface area contributed by atoms with Crippen LogP contribution in [0.4, 0.5) is 0 Å². The van der Waals surface area contributed by atoms with Crippen molar-refractivity contribution in [2.75, 3.05) is 33.3 Å². The molecular formula is C18H35Cl2N3O2. The van der Waals surface area contributed by atoms with E-state index in [1.165, 1.54) is 25.9 Å². The van der Waals surface area contributed by atoms with Crippen molar-refractivity contribution < 1.29 is 9.53 Å². The predicted octanol–water partition coefficient (Wildman–Crippen LogP) is 2.21. The zero-order valence-electron chi connectivity index (χ0n) is 15.8. The van der Waals surface area contributed by atoms with Crippen molar-refractivity contribution in [1.82, 2.24) is 10.2 Å². The molecule has 3 unspecified atom stereocenters. The van der Waals surface area contributed by atoms with E-state index in [-0.39, 0.29) is 48.2 Å². The normalized spacial score (nSPS) is 34.7. The van der Waals surface area contributed by atoms with Crippen molar-refractivity contribution in [3.05, 3.63) is 0 Å². The predicted molar refractivity (Wildman–Crippen MR) is 106 cm³/mol. The molecule has 5 nitrogen and oxygen atoms in total. The fraction of sp³-hybridized carbons (Fsp3) is 0.944. The molecule has 148 valence electrons. The van der Waals surface area contributed by atoms with Crippen LogP contribution in [0.1, 0.15) is 46.0 Å². The van der Waals surface area contributed by atoms with Crippen LogP contribution < -0.4 is 11.1 Å². The summed E-state index contributed by atoms with van der Waals surface area (Å²) in [6, 6.07) is 0. The van der Waals surface area contributed by atoms with E-state index in [4.69, 9.17) is 10.5 Å². The molecule has 0 radical (unpaired) electrons. The first-order valence-electron chi connectivity index (χ1n) is 9.24. The van der Waals surface area contributed by atoms with E-state index < -0.39 is 5.54 Å². The van der Waals surface area contributed by atoms with E-state index in [1.807, 2.05) is 0 Å². The van der Waals surface area contributed by atoms with Crippen molar-refractivity contribution in [3.63, 3.8) is 0 Å². The standard InChI is InChI=1S/C18H33N3O2.2ClH/c1-17(2)15-14(5-4-12-23-15)18(17,19)16(22)20-9-6-13-7-10-21(3)11-8-13;;/h13-15H,4-12,19H2,1-3H3,(H,20,22);2*1H. The molecule has 3 atom stereocenters. The van der Waals surface area contributed by atoms with Crippen LogP contribution in [0.25, 0.3) is 0 Å². The van der Waals surface area contributed by atoms with E-state index >= 15 is 0 Å². The number of piperidine rings is 1. The number of fused-ring (bicyclic) bond motifs is 1. The van der Waals surface area contributed by atoms with Crippen LogP contribution in [-0.2, 0) is 9.53 Å². The van der Waals surface area contributed by atoms with Gasteiger partial charge in [0, 0.05) is 24.5 Å². The SMILES string of the molecule is CN1CCC(CCNC(=O)C2(N)C3CCCOC3C2(C)C)CC1.Cl.Cl. The second-order valence-corrected chi connectivity index (χ2v) is 8.42. The lowest BCUT2D eigenvalue weighted by molar-refractivity contribution is -0.225. The maximum absolute atomic E-state index is 12.8. The fourth-order valence-corrected chi connectivity index (χ4v) is 4.92. The minimum absolute atomic E-state index is 0. The molecule has 0 aromatic carbocycles. The lowest BCUT2D eigenvalue weighted by atomic mass is 9.46. The van der Waals surface area contributed by atoms with Crippen molar-refractivity contribution in [2.45, 2.75) is 57.6 Å². The molecule has 2 heterocycles. The topological polar surface area (TPSA) is 67.6 Å². The Labute approximate surface area is 164 Å². The lowest BCUT2D eigenvalue weighted by Gasteiger charge is -2.65. The molecule has 3 aliphatic rings. The van der Waals surface area contributed by atoms with Crippen molar-refractivity contribution in [3.8, 4) is 0 Å². The fourth-order valence-electron chi connectivity index (χ4n) is 4.92. The third kappa shape index (κ3) is 3.96. The number of amides is 1. The minimum Gasteiger partial charge on any atom is -0.377 e. The zero-order valence-corrected chi connectivity index (χ0v) is 17.4. The van der Waals surface area contributed by atoms with Crippen LogP contribution in [0.15, 0.2) is 0 Å². The van der Waals surface area contributed by atoms with Crippen molar-refractivity contribution >= 4 is 30.7 Å². The Morgan fingerprint density at radius 3 is 2.52 bits per heavy atom. The molecule has 0 aromatic rings. The number of hydrogen-bond acceptors (Lipinski definition) is 4. The maximum atomic E-state index is 12.8. The molecule has 3 fully saturated rings. The Balaban J connectivity index is 0.00000156. The number of carbonyl (C=O) groups is 1. The molecule has 0 bridgehead atoms. The highest BCUT2D eigenvalue weighted by Gasteiger charge is 2.70. The average molecular weight is 396 g/mol. The first kappa shape index (κ1) is 23.0. The molecule has 1 aliphatic carbocycles. The van der Waals surface area contributed by atoms with E-state index in [2.05, 4.69) is 31.1 Å². The summed E-state index contributed by atoms with van der Waals surface area (Å²) in [7, 11) is 2.18. The molecule has 3 N–H and O–H groups in total. The van der Waals surface area contributed by atoms with Gasteiger partial charge in [0.1, 0.15) is 5.54 Å². The zero-order chi connectivity index (χ0) is 16.7. The second kappa shape index (κ2) is 8.75. The second-order valence-electron chi connectivity index (χ2n) is 8.42. The summed E-state index contributed by atoms with van der Waals surface area (Å²) in [5, 5.41) is 3.14. The van der Waals surface area contributed by atoms with Gasteiger partial charge in [-0.05, 0) is 58.2 Å². The van der Waals surface area contributed by atoms with Gasteiger partial charge in [0.05, 0.1) is 6.10 Å². The maximum Gasteiger partial charge on any atom is 0.241 e. The largest absolute Gasteiger partial charge is 0.377 e. The number of nitrogens with one attached hydrogen (secondary N) is 1. The van der Waals surface area contributed by atoms with Crippen LogP contribution >= 0.6 is 24.8 Å². The van der Waals surface area contributed by atoms with E-state index in [1.54, 1.807) is 0 Å². The molecule has 0 aromatic heterocycles. The number of rotatable bonds is 4. The van der Waals surface area contributed by atoms with Crippen LogP contribution in [0, 0.1) is 17.3 Å². The average Bonchev–Trinajstić information content (AvgIpc) is 2.55. The number of nitrogens with two attached hydrogens (primary N) is 1. The molecular weight excluding hydrogens is 361 g/mol. The Kier molecular flexibility index (Phi) is 8.04. The van der Waals surface area contributed by atoms with E-state index in [0.29, 0.717) is 0 Å². The van der Waals surface area contributed by atoms with Gasteiger partial charge in [-0.2, -0.15) is 0 Å². The molecule has 1 amide bonds. The monoisotopic (exact) mass is 395 g/mol. The number of likely N-dealkylation sites (tertiary alicyclic amines) is 1. The van der Waals surface area contributed by atoms with Gasteiger partial charge in [-0.15, -0.1) is 24.8 Å². The highest BCUT2D eigenvalue weighted by Crippen LogP contribution is 2.57. The first-order valence-corrected chi connectivity index (χ1v) is 9.24. The number of nitrogens with zero attached hydrogens (tertiary/aromatic N) is 1. The number of hydrogen-bond donors (Lipinski definition) is 2. The molecule has 2 saturated heterocycles. The van der Waals surface area contributed by atoms with Gasteiger partial charge in [-0.3, -0.25) is 4.79 Å². The van der Waals surface area contributed by atoms with E-state index in [9.17, 15) is 4.79 Å². The summed E-state index contributed by atoms with van der Waals surface area (Å²) < 4.78 is 5.88. The summed E-state index contributed by atoms with van der Waals surface area (Å²) in [5.74, 6) is 0.942. The number of ether oxygens (including phenoxy) is 1. The first-order chi connectivity index (χ1) is 10.9. The molecule has 3 rings (SSSR count). The van der Waals surface area contributed by atoms with Gasteiger partial charge >= 0.3 is 0 Å². The molecule has 25 heavy (non-hydrogen) atoms. The van der Waals surface area contributed by atoms with Crippen molar-refractivity contribution in [2.24, 2.45) is 23.0 Å². The summed E-state index contributed by atoms with van der Waals surface area (Å²) in [6.07, 6.45) is 5.71. The summed E-state index contributed by atoms with van der Waals surface area (Å²) in [5.41, 5.74) is 5.56. The van der Waals surface area contributed by atoms with Crippen LogP contribution in [0.5, 0.6) is 0 Å². The lowest BCUT2D eigenvalue weighted by Crippen LogP contribution is -2.82. The minimum atomic E-state index is -0.773. The molecule has 1 saturated carbocycles. The number of carbonyl (C=O) groups excluding carboxylic acids is 1. The van der Waals surface area contributed by atoms with Crippen LogP contribution in [-0.4, -0.2) is 55.7 Å². The Hall–Kier alpha value is -0.0700. The van der Waals surface area contributed by atoms with Crippen molar-refractivity contribution in [1.29, 1.82) is 0 Å². The third-order valence-corrected chi connectivity index (χ3v) is 6.74. The summed E-state index contributed by atoms with van der Waals surface area (Å²) in [4.78, 5) is 15.2. The highest BCUT2D eigenvalue weighted by atomic mass is 35.5. The Bertz CT molecular complexity index is 456. The van der Waals surface area contributed by atoms with Gasteiger partial charge in [0.2, 0.25) is 5.91 Å². The van der Waals surface area contributed by atoms with Gasteiger partial charge in [0.25, 0.3) is 0 Å². The smallest absolute Gasteiger partial charge is 0.241 e. The van der Waals surface area contributed by atoms with Gasteiger partial charge in [0.15, 0.2) is 0 Å². The van der Waals surface area contributed by atoms with Crippen LogP contribution in [0.2, 0.25) is 0 Å². The highest BCUT2D eigenvalue weighted by molar-refractivity contribution is 5.89. The van der Waals surface area contributed by atoms with Gasteiger partial charge in [-0.1, -0.05) is 13.8 Å². The van der Waals surface area contributed by atoms with Gasteiger partial charge < -0.3 is 20.7 Å². The van der Waals surface area contributed by atoms with E-state index in [0.717, 1.165) is 38.3 Å².